The smallest absolute Gasteiger partial charge is 0.169 e. The van der Waals surface area contributed by atoms with Gasteiger partial charge in [0.25, 0.3) is 0 Å². The van der Waals surface area contributed by atoms with E-state index in [0.717, 1.165) is 31.9 Å². The Bertz CT molecular complexity index is 440. The van der Waals surface area contributed by atoms with E-state index in [2.05, 4.69) is 29.1 Å². The van der Waals surface area contributed by atoms with Gasteiger partial charge in [0.2, 0.25) is 0 Å². The molecule has 19 heavy (non-hydrogen) atoms. The van der Waals surface area contributed by atoms with E-state index in [0.29, 0.717) is 17.8 Å². The molecule has 1 saturated carbocycles. The molecule has 1 atom stereocenters. The Morgan fingerprint density at radius 3 is 2.89 bits per heavy atom. The number of morpholine rings is 1. The van der Waals surface area contributed by atoms with Crippen molar-refractivity contribution in [3.8, 4) is 0 Å². The van der Waals surface area contributed by atoms with Crippen LogP contribution in [0.2, 0.25) is 0 Å². The fraction of sp³-hybridized carbons (Fsp3) is 0.846. The summed E-state index contributed by atoms with van der Waals surface area (Å²) in [5.41, 5.74) is 7.03. The topological polar surface area (TPSA) is 69.2 Å². The minimum Gasteiger partial charge on any atom is -0.381 e. The fourth-order valence-electron chi connectivity index (χ4n) is 2.76. The molecule has 2 aliphatic rings. The summed E-state index contributed by atoms with van der Waals surface area (Å²) in [4.78, 5) is 2.45. The van der Waals surface area contributed by atoms with Crippen LogP contribution in [0.3, 0.4) is 0 Å². The van der Waals surface area contributed by atoms with Crippen molar-refractivity contribution in [1.29, 1.82) is 0 Å². The normalized spacial score (nSPS) is 25.1. The Morgan fingerprint density at radius 1 is 1.42 bits per heavy atom. The summed E-state index contributed by atoms with van der Waals surface area (Å²) in [5.74, 6) is 1.17. The molecule has 106 valence electrons. The maximum atomic E-state index is 5.92. The second kappa shape index (κ2) is 5.09. The van der Waals surface area contributed by atoms with Gasteiger partial charge in [-0.2, -0.15) is 0 Å². The van der Waals surface area contributed by atoms with E-state index in [1.54, 1.807) is 0 Å². The van der Waals surface area contributed by atoms with Crippen molar-refractivity contribution in [2.24, 2.45) is 0 Å². The Labute approximate surface area is 113 Å². The Balaban J connectivity index is 1.67. The SMILES string of the molecule is CC(C)N1CCOC(Cn2nnc(N)c2C2CC2)C1. The minimum absolute atomic E-state index is 0.190. The maximum Gasteiger partial charge on any atom is 0.169 e. The zero-order valence-corrected chi connectivity index (χ0v) is 11.7. The van der Waals surface area contributed by atoms with Gasteiger partial charge < -0.3 is 10.5 Å². The third-order valence-corrected chi connectivity index (χ3v) is 4.04. The van der Waals surface area contributed by atoms with E-state index < -0.39 is 0 Å². The third kappa shape index (κ3) is 2.74. The molecule has 2 heterocycles. The van der Waals surface area contributed by atoms with Crippen LogP contribution in [0, 0.1) is 0 Å². The van der Waals surface area contributed by atoms with Gasteiger partial charge in [-0.3, -0.25) is 4.90 Å². The van der Waals surface area contributed by atoms with Crippen molar-refractivity contribution in [1.82, 2.24) is 19.9 Å². The van der Waals surface area contributed by atoms with Crippen LogP contribution in [-0.2, 0) is 11.3 Å². The van der Waals surface area contributed by atoms with E-state index in [1.165, 1.54) is 12.8 Å². The van der Waals surface area contributed by atoms with Gasteiger partial charge in [-0.25, -0.2) is 4.68 Å². The molecule has 1 aromatic rings. The quantitative estimate of drug-likeness (QED) is 0.874. The Morgan fingerprint density at radius 2 is 2.21 bits per heavy atom. The lowest BCUT2D eigenvalue weighted by Crippen LogP contribution is -2.47. The largest absolute Gasteiger partial charge is 0.381 e. The van der Waals surface area contributed by atoms with Gasteiger partial charge in [0, 0.05) is 25.0 Å². The second-order valence-corrected chi connectivity index (χ2v) is 5.90. The van der Waals surface area contributed by atoms with Crippen molar-refractivity contribution in [3.63, 3.8) is 0 Å². The monoisotopic (exact) mass is 265 g/mol. The van der Waals surface area contributed by atoms with Crippen molar-refractivity contribution in [2.45, 2.75) is 51.3 Å². The lowest BCUT2D eigenvalue weighted by molar-refractivity contribution is -0.0474. The predicted octanol–water partition coefficient (Wildman–Crippen LogP) is 0.847. The van der Waals surface area contributed by atoms with Gasteiger partial charge in [0.15, 0.2) is 5.82 Å². The maximum absolute atomic E-state index is 5.92. The third-order valence-electron chi connectivity index (χ3n) is 4.04. The Kier molecular flexibility index (Phi) is 3.45. The average molecular weight is 265 g/mol. The highest BCUT2D eigenvalue weighted by Crippen LogP contribution is 2.42. The molecule has 0 radical (unpaired) electrons. The molecular weight excluding hydrogens is 242 g/mol. The molecule has 1 unspecified atom stereocenters. The molecule has 0 bridgehead atoms. The molecular formula is C13H23N5O. The van der Waals surface area contributed by atoms with E-state index in [4.69, 9.17) is 10.5 Å². The van der Waals surface area contributed by atoms with Gasteiger partial charge in [-0.1, -0.05) is 5.21 Å². The van der Waals surface area contributed by atoms with Crippen LogP contribution in [0.1, 0.15) is 38.3 Å². The van der Waals surface area contributed by atoms with Crippen molar-refractivity contribution >= 4 is 5.82 Å². The summed E-state index contributed by atoms with van der Waals surface area (Å²) >= 11 is 0. The van der Waals surface area contributed by atoms with E-state index in [-0.39, 0.29) is 6.10 Å². The molecule has 2 N–H and O–H groups in total. The number of hydrogen-bond acceptors (Lipinski definition) is 5. The van der Waals surface area contributed by atoms with Crippen molar-refractivity contribution in [3.05, 3.63) is 5.69 Å². The molecule has 2 fully saturated rings. The lowest BCUT2D eigenvalue weighted by atomic mass is 10.2. The summed E-state index contributed by atoms with van der Waals surface area (Å²) in [6.45, 7) is 7.99. The Hall–Kier alpha value is -1.14. The lowest BCUT2D eigenvalue weighted by Gasteiger charge is -2.35. The second-order valence-electron chi connectivity index (χ2n) is 5.90. The first-order chi connectivity index (χ1) is 9.15. The zero-order chi connectivity index (χ0) is 13.4. The number of aromatic nitrogens is 3. The van der Waals surface area contributed by atoms with Gasteiger partial charge in [0.1, 0.15) is 0 Å². The predicted molar refractivity (Wildman–Crippen MR) is 72.9 cm³/mol. The van der Waals surface area contributed by atoms with Crippen LogP contribution >= 0.6 is 0 Å². The molecule has 0 aromatic carbocycles. The van der Waals surface area contributed by atoms with E-state index >= 15 is 0 Å². The molecule has 1 aromatic heterocycles. The molecule has 0 amide bonds. The van der Waals surface area contributed by atoms with Crippen LogP contribution in [0.4, 0.5) is 5.82 Å². The molecule has 6 nitrogen and oxygen atoms in total. The summed E-state index contributed by atoms with van der Waals surface area (Å²) < 4.78 is 7.82. The highest BCUT2D eigenvalue weighted by atomic mass is 16.5. The summed E-state index contributed by atoms with van der Waals surface area (Å²) in [7, 11) is 0. The van der Waals surface area contributed by atoms with Crippen LogP contribution in [0.15, 0.2) is 0 Å². The number of nitrogens with zero attached hydrogens (tertiary/aromatic N) is 4. The molecule has 1 saturated heterocycles. The molecule has 3 rings (SSSR count). The first-order valence-electron chi connectivity index (χ1n) is 7.19. The van der Waals surface area contributed by atoms with Gasteiger partial charge >= 0.3 is 0 Å². The summed E-state index contributed by atoms with van der Waals surface area (Å²) in [5, 5.41) is 8.20. The van der Waals surface area contributed by atoms with E-state index in [1.807, 2.05) is 4.68 Å². The molecule has 1 aliphatic heterocycles. The highest BCUT2D eigenvalue weighted by molar-refractivity contribution is 5.38. The highest BCUT2D eigenvalue weighted by Gasteiger charge is 2.32. The fourth-order valence-corrected chi connectivity index (χ4v) is 2.76. The molecule has 6 heteroatoms. The van der Waals surface area contributed by atoms with Crippen LogP contribution in [0.25, 0.3) is 0 Å². The molecule has 1 aliphatic carbocycles. The number of ether oxygens (including phenoxy) is 1. The first kappa shape index (κ1) is 12.9. The number of nitrogens with two attached hydrogens (primary N) is 1. The number of hydrogen-bond donors (Lipinski definition) is 1. The average Bonchev–Trinajstić information content (AvgIpc) is 3.15. The first-order valence-corrected chi connectivity index (χ1v) is 7.19. The standard InChI is InChI=1S/C13H23N5O/c1-9(2)17-5-6-19-11(7-17)8-18-12(10-3-4-10)13(14)15-16-18/h9-11H,3-8,14H2,1-2H3. The number of anilines is 1. The summed E-state index contributed by atoms with van der Waals surface area (Å²) in [6.07, 6.45) is 2.61. The number of rotatable bonds is 4. The summed E-state index contributed by atoms with van der Waals surface area (Å²) in [6, 6.07) is 0.565. The van der Waals surface area contributed by atoms with Gasteiger partial charge in [0.05, 0.1) is 24.9 Å². The van der Waals surface area contributed by atoms with Crippen LogP contribution in [0.5, 0.6) is 0 Å². The van der Waals surface area contributed by atoms with Crippen molar-refractivity contribution < 1.29 is 4.74 Å². The van der Waals surface area contributed by atoms with Gasteiger partial charge in [-0.05, 0) is 26.7 Å². The van der Waals surface area contributed by atoms with Crippen LogP contribution < -0.4 is 5.73 Å². The van der Waals surface area contributed by atoms with Gasteiger partial charge in [-0.15, -0.1) is 5.10 Å². The number of nitrogen functional groups attached to an aromatic ring is 1. The minimum atomic E-state index is 0.190. The van der Waals surface area contributed by atoms with Crippen molar-refractivity contribution in [2.75, 3.05) is 25.4 Å². The van der Waals surface area contributed by atoms with Crippen LogP contribution in [-0.4, -0.2) is 51.7 Å². The van der Waals surface area contributed by atoms with E-state index in [9.17, 15) is 0 Å². The molecule has 0 spiro atoms. The zero-order valence-electron chi connectivity index (χ0n) is 11.7.